The van der Waals surface area contributed by atoms with Gasteiger partial charge in [-0.3, -0.25) is 4.79 Å². The fourth-order valence-electron chi connectivity index (χ4n) is 2.47. The summed E-state index contributed by atoms with van der Waals surface area (Å²) in [6.07, 6.45) is -2.30. The predicted octanol–water partition coefficient (Wildman–Crippen LogP) is 1.93. The maximum Gasteiger partial charge on any atom is 0.406 e. The number of piperidine rings is 1. The molecule has 2 fully saturated rings. The van der Waals surface area contributed by atoms with Gasteiger partial charge in [-0.25, -0.2) is 4.79 Å². The number of hydrogen-bond donors (Lipinski definition) is 1. The Hall–Kier alpha value is -1.47. The smallest absolute Gasteiger partial charge is 0.406 e. The molecule has 0 aromatic rings. The van der Waals surface area contributed by atoms with Crippen LogP contribution in [-0.4, -0.2) is 58.8 Å². The van der Waals surface area contributed by atoms with Gasteiger partial charge in [0.1, 0.15) is 6.54 Å². The number of carboxylic acids is 1. The summed E-state index contributed by atoms with van der Waals surface area (Å²) in [5, 5.41) is 8.95. The van der Waals surface area contributed by atoms with Crippen LogP contribution >= 0.6 is 0 Å². The summed E-state index contributed by atoms with van der Waals surface area (Å²) in [5.74, 6) is -1.68. The largest absolute Gasteiger partial charge is 0.481 e. The number of carbonyl (C=O) groups excluding carboxylic acids is 1. The van der Waals surface area contributed by atoms with Crippen molar-refractivity contribution in [1.82, 2.24) is 9.80 Å². The quantitative estimate of drug-likeness (QED) is 0.865. The minimum Gasteiger partial charge on any atom is -0.481 e. The first-order valence-corrected chi connectivity index (χ1v) is 6.63. The van der Waals surface area contributed by atoms with E-state index < -0.39 is 30.6 Å². The molecule has 1 heterocycles. The molecule has 0 spiro atoms. The summed E-state index contributed by atoms with van der Waals surface area (Å²) in [5.41, 5.74) is 0. The second-order valence-electron chi connectivity index (χ2n) is 5.38. The van der Waals surface area contributed by atoms with Gasteiger partial charge in [0.05, 0.1) is 5.92 Å². The zero-order chi connectivity index (χ0) is 14.9. The van der Waals surface area contributed by atoms with Crippen LogP contribution in [0.15, 0.2) is 0 Å². The molecule has 0 aromatic carbocycles. The number of carboxylic acid groups (broad SMARTS) is 1. The first kappa shape index (κ1) is 14.9. The van der Waals surface area contributed by atoms with Crippen molar-refractivity contribution >= 4 is 12.0 Å². The molecular weight excluding hydrogens is 277 g/mol. The summed E-state index contributed by atoms with van der Waals surface area (Å²) < 4.78 is 37.6. The number of alkyl halides is 3. The maximum atomic E-state index is 12.5. The molecule has 2 amide bonds. The van der Waals surface area contributed by atoms with Gasteiger partial charge in [-0.1, -0.05) is 0 Å². The molecule has 8 heteroatoms. The zero-order valence-electron chi connectivity index (χ0n) is 10.9. The van der Waals surface area contributed by atoms with E-state index in [1.807, 2.05) is 0 Å². The van der Waals surface area contributed by atoms with Gasteiger partial charge in [0.25, 0.3) is 0 Å². The molecule has 1 atom stereocenters. The van der Waals surface area contributed by atoms with Crippen molar-refractivity contribution in [3.8, 4) is 0 Å². The fourth-order valence-corrected chi connectivity index (χ4v) is 2.47. The van der Waals surface area contributed by atoms with E-state index in [1.54, 1.807) is 0 Å². The molecule has 1 saturated heterocycles. The normalized spacial score (nSPS) is 23.6. The van der Waals surface area contributed by atoms with E-state index in [9.17, 15) is 22.8 Å². The van der Waals surface area contributed by atoms with E-state index in [0.29, 0.717) is 32.2 Å². The number of urea groups is 1. The van der Waals surface area contributed by atoms with E-state index in [1.165, 1.54) is 4.90 Å². The average molecular weight is 294 g/mol. The summed E-state index contributed by atoms with van der Waals surface area (Å²) in [6, 6.07) is -1.04. The highest BCUT2D eigenvalue weighted by Crippen LogP contribution is 2.31. The average Bonchev–Trinajstić information content (AvgIpc) is 3.18. The molecule has 0 bridgehead atoms. The number of hydrogen-bond acceptors (Lipinski definition) is 2. The third-order valence-electron chi connectivity index (χ3n) is 3.62. The fraction of sp³-hybridized carbons (Fsp3) is 0.833. The van der Waals surface area contributed by atoms with Crippen molar-refractivity contribution in [3.63, 3.8) is 0 Å². The van der Waals surface area contributed by atoms with Gasteiger partial charge in [-0.05, 0) is 25.7 Å². The Balaban J connectivity index is 2.01. The molecule has 2 rings (SSSR count). The van der Waals surface area contributed by atoms with Gasteiger partial charge in [0.15, 0.2) is 0 Å². The van der Waals surface area contributed by atoms with Crippen LogP contribution in [0.4, 0.5) is 18.0 Å². The molecule has 1 aliphatic heterocycles. The Kier molecular flexibility index (Phi) is 4.10. The van der Waals surface area contributed by atoms with Crippen LogP contribution in [0.2, 0.25) is 0 Å². The third kappa shape index (κ3) is 3.77. The molecule has 114 valence electrons. The number of aliphatic carboxylic acids is 1. The van der Waals surface area contributed by atoms with Crippen LogP contribution in [0.3, 0.4) is 0 Å². The number of amides is 2. The van der Waals surface area contributed by atoms with Crippen molar-refractivity contribution in [1.29, 1.82) is 0 Å². The summed E-state index contributed by atoms with van der Waals surface area (Å²) in [7, 11) is 0. The molecular formula is C12H17F3N2O3. The third-order valence-corrected chi connectivity index (χ3v) is 3.62. The highest BCUT2D eigenvalue weighted by Gasteiger charge is 2.43. The monoisotopic (exact) mass is 294 g/mol. The molecule has 0 aromatic heterocycles. The van der Waals surface area contributed by atoms with E-state index in [0.717, 1.165) is 4.90 Å². The molecule has 0 unspecified atom stereocenters. The Labute approximate surface area is 114 Å². The Morgan fingerprint density at radius 2 is 1.90 bits per heavy atom. The molecule has 20 heavy (non-hydrogen) atoms. The van der Waals surface area contributed by atoms with Gasteiger partial charge in [-0.15, -0.1) is 0 Å². The number of likely N-dealkylation sites (tertiary alicyclic amines) is 1. The van der Waals surface area contributed by atoms with Gasteiger partial charge in [0, 0.05) is 19.1 Å². The van der Waals surface area contributed by atoms with Crippen molar-refractivity contribution < 1.29 is 27.9 Å². The van der Waals surface area contributed by atoms with Gasteiger partial charge < -0.3 is 14.9 Å². The van der Waals surface area contributed by atoms with Crippen molar-refractivity contribution in [3.05, 3.63) is 0 Å². The number of rotatable bonds is 3. The standard InChI is InChI=1S/C12H17F3N2O3/c13-12(14,15)7-17(9-3-4-9)11(20)16-5-1-2-8(6-16)10(18)19/h8-9H,1-7H2,(H,18,19)/t8-/m0/s1. The Morgan fingerprint density at radius 1 is 1.25 bits per heavy atom. The summed E-state index contributed by atoms with van der Waals surface area (Å²) in [6.45, 7) is -0.941. The molecule has 1 N–H and O–H groups in total. The van der Waals surface area contributed by atoms with E-state index in [-0.39, 0.29) is 12.6 Å². The van der Waals surface area contributed by atoms with Crippen molar-refractivity contribution in [2.45, 2.75) is 37.9 Å². The van der Waals surface area contributed by atoms with Crippen LogP contribution in [0, 0.1) is 5.92 Å². The number of halogens is 3. The highest BCUT2D eigenvalue weighted by atomic mass is 19.4. The van der Waals surface area contributed by atoms with Crippen molar-refractivity contribution in [2.75, 3.05) is 19.6 Å². The molecule has 2 aliphatic rings. The maximum absolute atomic E-state index is 12.5. The van der Waals surface area contributed by atoms with E-state index >= 15 is 0 Å². The number of nitrogens with zero attached hydrogens (tertiary/aromatic N) is 2. The lowest BCUT2D eigenvalue weighted by molar-refractivity contribution is -0.145. The lowest BCUT2D eigenvalue weighted by atomic mass is 9.98. The van der Waals surface area contributed by atoms with Crippen LogP contribution in [0.1, 0.15) is 25.7 Å². The SMILES string of the molecule is O=C(O)[C@H]1CCCN(C(=O)N(CC(F)(F)F)C2CC2)C1. The minimum atomic E-state index is -4.43. The first-order valence-electron chi connectivity index (χ1n) is 6.63. The van der Waals surface area contributed by atoms with Crippen LogP contribution in [0.5, 0.6) is 0 Å². The van der Waals surface area contributed by atoms with Gasteiger partial charge in [0.2, 0.25) is 0 Å². The van der Waals surface area contributed by atoms with E-state index in [2.05, 4.69) is 0 Å². The topological polar surface area (TPSA) is 60.9 Å². The first-order chi connectivity index (χ1) is 9.28. The van der Waals surface area contributed by atoms with Gasteiger partial charge >= 0.3 is 18.2 Å². The lowest BCUT2D eigenvalue weighted by Gasteiger charge is -2.35. The molecule has 1 saturated carbocycles. The Bertz CT molecular complexity index is 396. The molecule has 5 nitrogen and oxygen atoms in total. The van der Waals surface area contributed by atoms with E-state index in [4.69, 9.17) is 5.11 Å². The second-order valence-corrected chi connectivity index (χ2v) is 5.38. The Morgan fingerprint density at radius 3 is 2.40 bits per heavy atom. The van der Waals surface area contributed by atoms with Crippen LogP contribution in [-0.2, 0) is 4.79 Å². The van der Waals surface area contributed by atoms with Crippen LogP contribution < -0.4 is 0 Å². The second kappa shape index (κ2) is 5.49. The molecule has 1 aliphatic carbocycles. The molecule has 0 radical (unpaired) electrons. The van der Waals surface area contributed by atoms with Crippen LogP contribution in [0.25, 0.3) is 0 Å². The van der Waals surface area contributed by atoms with Gasteiger partial charge in [-0.2, -0.15) is 13.2 Å². The highest BCUT2D eigenvalue weighted by molar-refractivity contribution is 5.77. The predicted molar refractivity (Wildman–Crippen MR) is 63.1 cm³/mol. The number of carbonyl (C=O) groups is 2. The van der Waals surface area contributed by atoms with Crippen molar-refractivity contribution in [2.24, 2.45) is 5.92 Å². The zero-order valence-corrected chi connectivity index (χ0v) is 10.9. The summed E-state index contributed by atoms with van der Waals surface area (Å²) in [4.78, 5) is 25.2. The minimum absolute atomic E-state index is 0.00472. The lowest BCUT2D eigenvalue weighted by Crippen LogP contribution is -2.51. The summed E-state index contributed by atoms with van der Waals surface area (Å²) >= 11 is 0.